The molecule has 0 radical (unpaired) electrons. The Morgan fingerprint density at radius 2 is 1.03 bits per heavy atom. The number of ether oxygens (including phenoxy) is 3. The number of fused-ring (bicyclic) bond motifs is 4. The number of hydrogen-bond acceptors (Lipinski definition) is 39. The van der Waals surface area contributed by atoms with E-state index in [0.29, 0.717) is 47.6 Å². The number of aromatic nitrogens is 6. The third kappa shape index (κ3) is 32.4. The standard InChI is InChI=1S/C24H25N5O4.C19H23NO9.C12H17N3O.C12H9NO4.C11H11NO7.C11H13NO5.C7H5NO4/c30-23(31)13-17(16-7-9-19-20(11-16)32-14-26-19)12-22-28-21(29-33-22)5-1-4-18-8-6-15-3-2-10-25-24(15)27-18;1-4-28-17(23)15-13(22)9-19(3,25)16(18(24)29-5-2)14(15)10-6-7-11(20(26)27)12(21)8-10;16-14-9-2-1-5-11-7-6-10-4-3-8-13-12(10)15-11;14-11-4-8(5-12(15)17-11)7-1-2-9-10(3-7)16-6-13-9;13-9-3-6(1-2-8(9)12(18)19)7(4-10(14)15)5-11(16)17;12-8-2-1-6(3-9(8)13)7(4-10(14)15)5-11(16)17;9-4-5-1-2-6(8(11)12)7(10)3-5/h6-9,11,14,17H,1-5,10,12-13H2,(H,25,27)(H,30,31);6-8,14-16,21,25H,4-5,9H2,1-3H3;6-7,9,16H,1-5,8H2,(H,13,15);1-3,6,8H,4-5H2;1-3,7,13H,4-5H2,(H,14,15)(H,16,17);1-3,7,13H,4-5,12H2,(H,14,15)(H,16,17);1-4,10H/b;;14-9+;;;;. The molecule has 6 aromatic carbocycles. The van der Waals surface area contributed by atoms with E-state index in [0.717, 1.165) is 146 Å². The molecule has 143 heavy (non-hydrogen) atoms. The monoisotopic (exact) mass is 1980 g/mol. The Kier molecular flexibility index (Phi) is 40.1. The smallest absolute Gasteiger partial charge is 0.317 e. The summed E-state index contributed by atoms with van der Waals surface area (Å²) in [4.78, 5) is 176. The lowest BCUT2D eigenvalue weighted by molar-refractivity contribution is -0.386. The molecule has 5 atom stereocenters. The van der Waals surface area contributed by atoms with Gasteiger partial charge in [-0.05, 0) is 190 Å². The molecule has 0 bridgehead atoms. The number of phenolic OH excluding ortho intramolecular Hbond substituents is 4. The Morgan fingerprint density at radius 3 is 1.54 bits per heavy atom. The number of nitro benzene ring substituents is 3. The van der Waals surface area contributed by atoms with E-state index >= 15 is 0 Å². The van der Waals surface area contributed by atoms with Gasteiger partial charge in [0.15, 0.2) is 52.8 Å². The van der Waals surface area contributed by atoms with Crippen molar-refractivity contribution in [1.82, 2.24) is 30.1 Å². The van der Waals surface area contributed by atoms with Crippen molar-refractivity contribution in [2.45, 2.75) is 178 Å². The summed E-state index contributed by atoms with van der Waals surface area (Å²) in [5.41, 5.74) is 12.5. The molecule has 3 aliphatic heterocycles. The number of oxime groups is 1. The van der Waals surface area contributed by atoms with E-state index in [4.69, 9.17) is 64.3 Å². The number of nitrogen functional groups attached to an aromatic ring is 1. The molecule has 5 aromatic heterocycles. The molecule has 4 aliphatic rings. The molecule has 15 N–H and O–H groups in total. The molecule has 0 amide bonds. The number of nitrogens with one attached hydrogen (secondary N) is 2. The number of oxazole rings is 2. The number of aromatic hydroxyl groups is 4. The predicted molar refractivity (Wildman–Crippen MR) is 501 cm³/mol. The maximum absolute atomic E-state index is 12.7. The normalized spacial score (nSPS) is 15.8. The van der Waals surface area contributed by atoms with E-state index in [1.54, 1.807) is 13.8 Å². The molecular weight excluding hydrogens is 1880 g/mol. The van der Waals surface area contributed by atoms with Crippen molar-refractivity contribution in [2.24, 2.45) is 17.0 Å². The molecule has 8 heterocycles. The molecule has 1 saturated heterocycles. The van der Waals surface area contributed by atoms with Crippen LogP contribution in [0.2, 0.25) is 0 Å². The van der Waals surface area contributed by atoms with Gasteiger partial charge in [-0.25, -0.2) is 19.9 Å². The first-order valence-corrected chi connectivity index (χ1v) is 44.6. The summed E-state index contributed by atoms with van der Waals surface area (Å²) < 4.78 is 30.5. The van der Waals surface area contributed by atoms with Crippen molar-refractivity contribution in [3.8, 4) is 23.0 Å². The van der Waals surface area contributed by atoms with Gasteiger partial charge in [0.2, 0.25) is 5.89 Å². The van der Waals surface area contributed by atoms with Crippen molar-refractivity contribution >= 4 is 129 Å². The van der Waals surface area contributed by atoms with Gasteiger partial charge in [-0.3, -0.25) is 83.1 Å². The number of aryl methyl sites for hydroxylation is 5. The van der Waals surface area contributed by atoms with Crippen LogP contribution in [0.1, 0.15) is 206 Å². The van der Waals surface area contributed by atoms with Gasteiger partial charge >= 0.3 is 70.8 Å². The van der Waals surface area contributed by atoms with Crippen LogP contribution in [0.5, 0.6) is 23.0 Å². The van der Waals surface area contributed by atoms with E-state index in [1.807, 2.05) is 36.4 Å². The minimum absolute atomic E-state index is 0.00165. The lowest BCUT2D eigenvalue weighted by Gasteiger charge is -2.43. The lowest BCUT2D eigenvalue weighted by Crippen LogP contribution is -2.55. The molecular formula is C96H103N13O34. The number of esters is 4. The largest absolute Gasteiger partial charge is 0.506 e. The maximum atomic E-state index is 12.7. The molecule has 756 valence electrons. The second kappa shape index (κ2) is 52.5. The molecule has 11 aromatic rings. The third-order valence-corrected chi connectivity index (χ3v) is 22.8. The van der Waals surface area contributed by atoms with Gasteiger partial charge in [-0.15, -0.1) is 5.16 Å². The molecule has 47 heteroatoms. The van der Waals surface area contributed by atoms with Crippen molar-refractivity contribution in [2.75, 3.05) is 42.7 Å². The zero-order chi connectivity index (χ0) is 104. The number of nitrogens with zero attached hydrogens (tertiary/aromatic N) is 10. The van der Waals surface area contributed by atoms with Crippen LogP contribution in [-0.4, -0.2) is 205 Å². The minimum Gasteiger partial charge on any atom is -0.506 e. The van der Waals surface area contributed by atoms with E-state index in [9.17, 15) is 109 Å². The molecule has 1 saturated carbocycles. The number of carboxylic acids is 5. The Labute approximate surface area is 811 Å². The van der Waals surface area contributed by atoms with E-state index < -0.39 is 163 Å². The third-order valence-electron chi connectivity index (χ3n) is 22.8. The average molecular weight is 1980 g/mol. The van der Waals surface area contributed by atoms with E-state index in [2.05, 4.69) is 69.9 Å². The Hall–Kier alpha value is -17.3. The van der Waals surface area contributed by atoms with Crippen LogP contribution in [0.3, 0.4) is 0 Å². The Morgan fingerprint density at radius 1 is 0.566 bits per heavy atom. The Bertz CT molecular complexity index is 6400. The number of cyclic esters (lactones) is 2. The number of ketones is 1. The average Bonchev–Trinajstić information content (AvgIpc) is 1.02. The van der Waals surface area contributed by atoms with Crippen LogP contribution < -0.4 is 16.4 Å². The predicted octanol–water partition coefficient (Wildman–Crippen LogP) is 12.9. The van der Waals surface area contributed by atoms with Gasteiger partial charge in [0.1, 0.15) is 40.6 Å². The number of unbranched alkanes of at least 4 members (excludes halogenated alkanes) is 1. The number of anilines is 3. The van der Waals surface area contributed by atoms with Crippen LogP contribution in [0.4, 0.5) is 34.4 Å². The zero-order valence-electron chi connectivity index (χ0n) is 77.2. The van der Waals surface area contributed by atoms with Gasteiger partial charge in [-0.1, -0.05) is 47.6 Å². The number of nitro groups is 3. The number of hydrogen-bond donors (Lipinski definition) is 14. The quantitative estimate of drug-likeness (QED) is 0.00155. The highest BCUT2D eigenvalue weighted by molar-refractivity contribution is 6.03. The number of aliphatic hydroxyl groups is 1. The number of pyridine rings is 2. The van der Waals surface area contributed by atoms with Crippen molar-refractivity contribution in [3.63, 3.8) is 0 Å². The molecule has 15 rings (SSSR count). The second-order valence-electron chi connectivity index (χ2n) is 33.2. The van der Waals surface area contributed by atoms with Gasteiger partial charge in [-0.2, -0.15) is 4.98 Å². The first-order valence-electron chi connectivity index (χ1n) is 44.6. The Balaban J connectivity index is 0.000000191. The lowest BCUT2D eigenvalue weighted by atomic mass is 9.61. The number of carbonyl (C=O) groups is 11. The number of nitrogens with two attached hydrogens (primary N) is 1. The summed E-state index contributed by atoms with van der Waals surface area (Å²) in [6.07, 6.45) is 13.2. The number of benzene rings is 6. The van der Waals surface area contributed by atoms with Gasteiger partial charge < -0.3 is 100 Å². The highest BCUT2D eigenvalue weighted by atomic mass is 16.6. The molecule has 47 nitrogen and oxygen atoms in total. The van der Waals surface area contributed by atoms with Crippen LogP contribution in [-0.2, 0) is 101 Å². The van der Waals surface area contributed by atoms with Gasteiger partial charge in [0.25, 0.3) is 0 Å². The molecule has 5 unspecified atom stereocenters. The van der Waals surface area contributed by atoms with E-state index in [-0.39, 0.29) is 85.3 Å². The summed E-state index contributed by atoms with van der Waals surface area (Å²) in [5, 5.41) is 147. The fourth-order valence-corrected chi connectivity index (χ4v) is 16.0. The zero-order valence-corrected chi connectivity index (χ0v) is 77.2. The van der Waals surface area contributed by atoms with Crippen LogP contribution in [0.15, 0.2) is 165 Å². The number of carboxylic acid groups (broad SMARTS) is 5. The fraction of sp³-hybridized carbons (Fsp3) is 0.354. The van der Waals surface area contributed by atoms with Crippen LogP contribution in [0, 0.1) is 42.2 Å². The fourth-order valence-electron chi connectivity index (χ4n) is 16.0. The van der Waals surface area contributed by atoms with Gasteiger partial charge in [0.05, 0.1) is 90.1 Å². The highest BCUT2D eigenvalue weighted by Gasteiger charge is 2.57. The minimum atomic E-state index is -1.84. The van der Waals surface area contributed by atoms with Crippen molar-refractivity contribution in [3.05, 3.63) is 244 Å². The molecule has 2 fully saturated rings. The highest BCUT2D eigenvalue weighted by Crippen LogP contribution is 2.49. The van der Waals surface area contributed by atoms with Crippen molar-refractivity contribution < 1.29 is 151 Å². The molecule has 0 spiro atoms. The summed E-state index contributed by atoms with van der Waals surface area (Å²) >= 11 is 0. The first kappa shape index (κ1) is 109. The summed E-state index contributed by atoms with van der Waals surface area (Å²) in [6.45, 7) is 6.40. The topological polar surface area (TPSA) is 747 Å². The van der Waals surface area contributed by atoms with E-state index in [1.165, 1.54) is 79.9 Å². The number of aliphatic carboxylic acids is 5. The number of rotatable bonds is 33. The number of Topliss-reactive ketones (excluding diaryl/α,β-unsaturated/α-hetero) is 1. The van der Waals surface area contributed by atoms with Crippen LogP contribution in [0.25, 0.3) is 22.2 Å². The summed E-state index contributed by atoms with van der Waals surface area (Å²) in [5.74, 6) is -13.6. The maximum Gasteiger partial charge on any atom is 0.317 e. The SMILES string of the molecule is CCOC(=O)C1C(=O)CC(C)(O)C(C(=O)OCC)C1c1ccc([N+](=O)[O-])c(O)c1.Nc1ccc(C(CC(=O)O)CC(=O)O)cc1O.O/N=C/CCCc1ccc2c(n1)NCCC2.O=C(O)CC(CC(=O)O)c1ccc([N+](=O)[O-])c(O)c1.O=C(O)CC(Cc1nc(CCCc2ccc3c(n2)NCCC3)no1)c1ccc2ncoc2c1.O=C1CC(c2ccc3ncoc3c2)CC(=O)O1.O=Cc1ccc([N+](=O)[O-])c(O)c1. The second-order valence-corrected chi connectivity index (χ2v) is 33.2. The summed E-state index contributed by atoms with van der Waals surface area (Å²) in [6, 6.07) is 33.7. The number of phenols is 4. The van der Waals surface area contributed by atoms with Crippen LogP contribution >= 0.6 is 0 Å². The summed E-state index contributed by atoms with van der Waals surface area (Å²) in [7, 11) is 0. The number of aldehydes is 1. The number of carbonyl (C=O) groups excluding carboxylic acids is 6. The molecule has 1 aliphatic carbocycles. The van der Waals surface area contributed by atoms with Crippen molar-refractivity contribution in [1.29, 1.82) is 0 Å². The van der Waals surface area contributed by atoms with Gasteiger partial charge in [0, 0.05) is 103 Å². The first-order chi connectivity index (χ1) is 68.2.